The van der Waals surface area contributed by atoms with Gasteiger partial charge in [0, 0.05) is 25.3 Å². The standard InChI is InChI=1S/C19H28N2O3/c1-20-12-15-4-2-10-21(13-15)19(22)16-6-8-17(9-7-16)24-14-18-5-3-11-23-18/h6-9,15,18,20H,2-5,10-14H2,1H3. The summed E-state index contributed by atoms with van der Waals surface area (Å²) < 4.78 is 11.3. The van der Waals surface area contributed by atoms with Crippen LogP contribution in [-0.4, -0.2) is 56.8 Å². The van der Waals surface area contributed by atoms with Crippen molar-refractivity contribution in [3.8, 4) is 5.75 Å². The lowest BCUT2D eigenvalue weighted by atomic mass is 9.97. The van der Waals surface area contributed by atoms with Gasteiger partial charge in [0.2, 0.25) is 0 Å². The van der Waals surface area contributed by atoms with Gasteiger partial charge in [0.05, 0.1) is 6.10 Å². The zero-order valence-corrected chi connectivity index (χ0v) is 14.5. The molecule has 0 aliphatic carbocycles. The van der Waals surface area contributed by atoms with E-state index in [4.69, 9.17) is 9.47 Å². The molecule has 2 aliphatic rings. The highest BCUT2D eigenvalue weighted by molar-refractivity contribution is 5.94. The Morgan fingerprint density at radius 1 is 1.29 bits per heavy atom. The van der Waals surface area contributed by atoms with E-state index in [9.17, 15) is 4.79 Å². The van der Waals surface area contributed by atoms with Crippen molar-refractivity contribution in [2.45, 2.75) is 31.8 Å². The Morgan fingerprint density at radius 2 is 2.12 bits per heavy atom. The van der Waals surface area contributed by atoms with Gasteiger partial charge in [-0.2, -0.15) is 0 Å². The highest BCUT2D eigenvalue weighted by atomic mass is 16.5. The molecular weight excluding hydrogens is 304 g/mol. The summed E-state index contributed by atoms with van der Waals surface area (Å²) in [5.74, 6) is 1.48. The molecule has 2 unspecified atom stereocenters. The predicted molar refractivity (Wildman–Crippen MR) is 93.5 cm³/mol. The van der Waals surface area contributed by atoms with Crippen molar-refractivity contribution >= 4 is 5.91 Å². The number of amides is 1. The number of nitrogens with one attached hydrogen (secondary N) is 1. The van der Waals surface area contributed by atoms with Gasteiger partial charge in [-0.1, -0.05) is 0 Å². The first-order valence-electron chi connectivity index (χ1n) is 9.04. The first-order valence-corrected chi connectivity index (χ1v) is 9.04. The van der Waals surface area contributed by atoms with Crippen LogP contribution in [0.3, 0.4) is 0 Å². The number of carbonyl (C=O) groups excluding carboxylic acids is 1. The number of benzene rings is 1. The van der Waals surface area contributed by atoms with E-state index in [1.54, 1.807) is 0 Å². The third kappa shape index (κ3) is 4.48. The van der Waals surface area contributed by atoms with E-state index in [1.165, 1.54) is 6.42 Å². The Balaban J connectivity index is 1.53. The summed E-state index contributed by atoms with van der Waals surface area (Å²) >= 11 is 0. The molecule has 0 spiro atoms. The molecule has 5 heteroatoms. The van der Waals surface area contributed by atoms with E-state index >= 15 is 0 Å². The highest BCUT2D eigenvalue weighted by Crippen LogP contribution is 2.20. The molecule has 1 aromatic carbocycles. The molecule has 2 atom stereocenters. The minimum atomic E-state index is 0.126. The molecule has 0 radical (unpaired) electrons. The smallest absolute Gasteiger partial charge is 0.253 e. The zero-order valence-electron chi connectivity index (χ0n) is 14.5. The summed E-state index contributed by atoms with van der Waals surface area (Å²) in [7, 11) is 1.97. The van der Waals surface area contributed by atoms with Crippen molar-refractivity contribution in [2.24, 2.45) is 5.92 Å². The van der Waals surface area contributed by atoms with Gasteiger partial charge >= 0.3 is 0 Å². The summed E-state index contributed by atoms with van der Waals surface area (Å²) in [6, 6.07) is 7.51. The van der Waals surface area contributed by atoms with Gasteiger partial charge in [-0.15, -0.1) is 0 Å². The van der Waals surface area contributed by atoms with Crippen molar-refractivity contribution in [3.05, 3.63) is 29.8 Å². The Morgan fingerprint density at radius 3 is 2.83 bits per heavy atom. The fourth-order valence-electron chi connectivity index (χ4n) is 3.55. The van der Waals surface area contributed by atoms with Crippen LogP contribution < -0.4 is 10.1 Å². The second-order valence-electron chi connectivity index (χ2n) is 6.79. The van der Waals surface area contributed by atoms with Crippen LogP contribution in [-0.2, 0) is 4.74 Å². The van der Waals surface area contributed by atoms with Crippen LogP contribution in [0.2, 0.25) is 0 Å². The normalized spacial score (nSPS) is 24.1. The maximum atomic E-state index is 12.7. The largest absolute Gasteiger partial charge is 0.491 e. The van der Waals surface area contributed by atoms with E-state index in [0.717, 1.165) is 56.8 Å². The fraction of sp³-hybridized carbons (Fsp3) is 0.632. The van der Waals surface area contributed by atoms with Gasteiger partial charge in [-0.05, 0) is 69.5 Å². The summed E-state index contributed by atoms with van der Waals surface area (Å²) in [6.07, 6.45) is 4.68. The Hall–Kier alpha value is -1.59. The number of rotatable bonds is 6. The number of ether oxygens (including phenoxy) is 2. The van der Waals surface area contributed by atoms with Gasteiger partial charge < -0.3 is 19.7 Å². The van der Waals surface area contributed by atoms with Crippen molar-refractivity contribution in [2.75, 3.05) is 39.9 Å². The van der Waals surface area contributed by atoms with Gasteiger partial charge in [0.1, 0.15) is 12.4 Å². The van der Waals surface area contributed by atoms with Crippen molar-refractivity contribution in [3.63, 3.8) is 0 Å². The number of piperidine rings is 1. The second-order valence-corrected chi connectivity index (χ2v) is 6.79. The molecule has 2 saturated heterocycles. The monoisotopic (exact) mass is 332 g/mol. The summed E-state index contributed by atoms with van der Waals surface area (Å²) in [5, 5.41) is 3.22. The summed E-state index contributed by atoms with van der Waals surface area (Å²) in [4.78, 5) is 14.7. The van der Waals surface area contributed by atoms with Crippen LogP contribution in [0.25, 0.3) is 0 Å². The lowest BCUT2D eigenvalue weighted by Gasteiger charge is -2.32. The Kier molecular flexibility index (Phi) is 6.10. The number of carbonyl (C=O) groups is 1. The average Bonchev–Trinajstić information content (AvgIpc) is 3.14. The number of nitrogens with zero attached hydrogens (tertiary/aromatic N) is 1. The third-order valence-corrected chi connectivity index (χ3v) is 4.86. The first kappa shape index (κ1) is 17.2. The minimum Gasteiger partial charge on any atom is -0.491 e. The van der Waals surface area contributed by atoms with E-state index in [1.807, 2.05) is 36.2 Å². The SMILES string of the molecule is CNCC1CCCN(C(=O)c2ccc(OCC3CCCO3)cc2)C1. The molecule has 2 fully saturated rings. The van der Waals surface area contributed by atoms with Crippen LogP contribution >= 0.6 is 0 Å². The highest BCUT2D eigenvalue weighted by Gasteiger charge is 2.24. The second kappa shape index (κ2) is 8.49. The van der Waals surface area contributed by atoms with E-state index in [2.05, 4.69) is 5.32 Å². The zero-order chi connectivity index (χ0) is 16.8. The topological polar surface area (TPSA) is 50.8 Å². The predicted octanol–water partition coefficient (Wildman–Crippen LogP) is 2.32. The molecule has 2 heterocycles. The van der Waals surface area contributed by atoms with Crippen LogP contribution in [0, 0.1) is 5.92 Å². The lowest BCUT2D eigenvalue weighted by Crippen LogP contribution is -2.42. The van der Waals surface area contributed by atoms with Gasteiger partial charge in [0.15, 0.2) is 0 Å². The van der Waals surface area contributed by atoms with Crippen LogP contribution in [0.1, 0.15) is 36.0 Å². The van der Waals surface area contributed by atoms with Crippen molar-refractivity contribution in [1.29, 1.82) is 0 Å². The molecule has 0 aromatic heterocycles. The fourth-order valence-corrected chi connectivity index (χ4v) is 3.55. The number of hydrogen-bond acceptors (Lipinski definition) is 4. The molecule has 0 saturated carbocycles. The van der Waals surface area contributed by atoms with Crippen molar-refractivity contribution < 1.29 is 14.3 Å². The maximum absolute atomic E-state index is 12.7. The van der Waals surface area contributed by atoms with Gasteiger partial charge in [0.25, 0.3) is 5.91 Å². The third-order valence-electron chi connectivity index (χ3n) is 4.86. The summed E-state index contributed by atoms with van der Waals surface area (Å²) in [6.45, 7) is 4.10. The minimum absolute atomic E-state index is 0.126. The van der Waals surface area contributed by atoms with E-state index < -0.39 is 0 Å². The number of likely N-dealkylation sites (tertiary alicyclic amines) is 1. The average molecular weight is 332 g/mol. The Bertz CT molecular complexity index is 524. The van der Waals surface area contributed by atoms with E-state index in [0.29, 0.717) is 12.5 Å². The molecule has 3 rings (SSSR count). The molecule has 1 N–H and O–H groups in total. The van der Waals surface area contributed by atoms with Gasteiger partial charge in [-0.25, -0.2) is 0 Å². The molecule has 2 aliphatic heterocycles. The molecule has 1 amide bonds. The molecule has 0 bridgehead atoms. The molecule has 132 valence electrons. The first-order chi connectivity index (χ1) is 11.8. The molecule has 24 heavy (non-hydrogen) atoms. The van der Waals surface area contributed by atoms with Crippen LogP contribution in [0.5, 0.6) is 5.75 Å². The molecule has 5 nitrogen and oxygen atoms in total. The lowest BCUT2D eigenvalue weighted by molar-refractivity contribution is 0.0667. The van der Waals surface area contributed by atoms with Crippen LogP contribution in [0.4, 0.5) is 0 Å². The maximum Gasteiger partial charge on any atom is 0.253 e. The molecular formula is C19H28N2O3. The van der Waals surface area contributed by atoms with E-state index in [-0.39, 0.29) is 12.0 Å². The van der Waals surface area contributed by atoms with Crippen molar-refractivity contribution in [1.82, 2.24) is 10.2 Å². The summed E-state index contributed by atoms with van der Waals surface area (Å²) in [5.41, 5.74) is 0.740. The van der Waals surface area contributed by atoms with Crippen LogP contribution in [0.15, 0.2) is 24.3 Å². The molecule has 1 aromatic rings. The number of hydrogen-bond donors (Lipinski definition) is 1. The quantitative estimate of drug-likeness (QED) is 0.868. The van der Waals surface area contributed by atoms with Gasteiger partial charge in [-0.3, -0.25) is 4.79 Å². The Labute approximate surface area is 144 Å².